The van der Waals surface area contributed by atoms with Crippen LogP contribution in [0.2, 0.25) is 0 Å². The van der Waals surface area contributed by atoms with E-state index in [-0.39, 0.29) is 5.82 Å². The minimum Gasteiger partial charge on any atom is -0.236 e. The molecule has 0 N–H and O–H groups in total. The van der Waals surface area contributed by atoms with E-state index in [0.717, 1.165) is 41.7 Å². The average molecular weight is 281 g/mol. The van der Waals surface area contributed by atoms with E-state index in [4.69, 9.17) is 5.10 Å². The molecule has 3 aromatic rings. The third-order valence-corrected chi connectivity index (χ3v) is 4.23. The molecule has 0 atom stereocenters. The Morgan fingerprint density at radius 2 is 2.00 bits per heavy atom. The Hall–Kier alpha value is -2.23. The molecule has 106 valence electrons. The number of rotatable bonds is 2. The Balaban J connectivity index is 2.01. The van der Waals surface area contributed by atoms with Crippen LogP contribution in [0, 0.1) is 5.82 Å². The van der Waals surface area contributed by atoms with Crippen LogP contribution in [0.5, 0.6) is 0 Å². The highest BCUT2D eigenvalue weighted by Crippen LogP contribution is 2.31. The molecule has 4 rings (SSSR count). The third-order valence-electron chi connectivity index (χ3n) is 4.23. The molecular formula is C17H16FN3. The monoisotopic (exact) mass is 281 g/mol. The van der Waals surface area contributed by atoms with Gasteiger partial charge in [0.2, 0.25) is 0 Å². The smallest absolute Gasteiger partial charge is 0.163 e. The molecule has 3 nitrogen and oxygen atoms in total. The van der Waals surface area contributed by atoms with Gasteiger partial charge in [-0.1, -0.05) is 19.1 Å². The zero-order valence-electron chi connectivity index (χ0n) is 11.9. The molecule has 2 aromatic heterocycles. The van der Waals surface area contributed by atoms with Crippen molar-refractivity contribution in [3.8, 4) is 11.1 Å². The maximum Gasteiger partial charge on any atom is 0.163 e. The number of hydrogen-bond acceptors (Lipinski definition) is 2. The van der Waals surface area contributed by atoms with Gasteiger partial charge in [-0.05, 0) is 48.9 Å². The second-order valence-electron chi connectivity index (χ2n) is 5.50. The third kappa shape index (κ3) is 1.86. The molecule has 21 heavy (non-hydrogen) atoms. The van der Waals surface area contributed by atoms with Gasteiger partial charge in [0, 0.05) is 17.5 Å². The summed E-state index contributed by atoms with van der Waals surface area (Å²) in [5, 5.41) is 4.76. The van der Waals surface area contributed by atoms with Gasteiger partial charge in [0.1, 0.15) is 5.82 Å². The van der Waals surface area contributed by atoms with E-state index in [1.807, 2.05) is 10.7 Å². The van der Waals surface area contributed by atoms with E-state index >= 15 is 0 Å². The number of halogens is 1. The van der Waals surface area contributed by atoms with Gasteiger partial charge >= 0.3 is 0 Å². The highest BCUT2D eigenvalue weighted by atomic mass is 19.1. The van der Waals surface area contributed by atoms with E-state index < -0.39 is 0 Å². The van der Waals surface area contributed by atoms with Crippen LogP contribution >= 0.6 is 0 Å². The van der Waals surface area contributed by atoms with Gasteiger partial charge < -0.3 is 0 Å². The Bertz CT molecular complexity index is 818. The first-order valence-corrected chi connectivity index (χ1v) is 7.42. The summed E-state index contributed by atoms with van der Waals surface area (Å²) < 4.78 is 15.2. The van der Waals surface area contributed by atoms with Crippen molar-refractivity contribution in [1.29, 1.82) is 0 Å². The van der Waals surface area contributed by atoms with Crippen molar-refractivity contribution < 1.29 is 4.39 Å². The van der Waals surface area contributed by atoms with Crippen LogP contribution in [0.3, 0.4) is 0 Å². The quantitative estimate of drug-likeness (QED) is 0.718. The number of benzene rings is 1. The highest BCUT2D eigenvalue weighted by molar-refractivity contribution is 5.80. The fraction of sp³-hybridized carbons (Fsp3) is 0.294. The SMILES string of the molecule is CCc1nn2c3c(cnc2c1-c1ccc(F)cc1)CCC3. The molecule has 0 unspecified atom stereocenters. The van der Waals surface area contributed by atoms with Crippen LogP contribution < -0.4 is 0 Å². The van der Waals surface area contributed by atoms with Gasteiger partial charge in [0.15, 0.2) is 5.65 Å². The van der Waals surface area contributed by atoms with Gasteiger partial charge in [0.25, 0.3) is 0 Å². The lowest BCUT2D eigenvalue weighted by Gasteiger charge is -2.04. The van der Waals surface area contributed by atoms with E-state index in [9.17, 15) is 4.39 Å². The predicted octanol–water partition coefficient (Wildman–Crippen LogP) is 3.59. The van der Waals surface area contributed by atoms with Gasteiger partial charge in [-0.25, -0.2) is 13.9 Å². The molecule has 0 aliphatic heterocycles. The van der Waals surface area contributed by atoms with Crippen LogP contribution in [0.25, 0.3) is 16.8 Å². The lowest BCUT2D eigenvalue weighted by Crippen LogP contribution is -1.99. The fourth-order valence-corrected chi connectivity index (χ4v) is 3.19. The zero-order valence-corrected chi connectivity index (χ0v) is 11.9. The number of nitrogens with zero attached hydrogens (tertiary/aromatic N) is 3. The molecular weight excluding hydrogens is 265 g/mol. The molecule has 0 saturated heterocycles. The van der Waals surface area contributed by atoms with Crippen molar-refractivity contribution >= 4 is 5.65 Å². The summed E-state index contributed by atoms with van der Waals surface area (Å²) in [6, 6.07) is 6.60. The minimum atomic E-state index is -0.220. The van der Waals surface area contributed by atoms with Gasteiger partial charge in [0.05, 0.1) is 5.69 Å². The largest absolute Gasteiger partial charge is 0.236 e. The molecule has 0 spiro atoms. The summed E-state index contributed by atoms with van der Waals surface area (Å²) in [6.45, 7) is 2.09. The summed E-state index contributed by atoms with van der Waals surface area (Å²) in [5.41, 5.74) is 6.51. The zero-order chi connectivity index (χ0) is 14.4. The number of fused-ring (bicyclic) bond motifs is 3. The maximum atomic E-state index is 13.2. The van der Waals surface area contributed by atoms with Crippen molar-refractivity contribution in [3.05, 3.63) is 53.2 Å². The Morgan fingerprint density at radius 1 is 1.19 bits per heavy atom. The summed E-state index contributed by atoms with van der Waals surface area (Å²) in [6.07, 6.45) is 6.13. The first-order valence-electron chi connectivity index (χ1n) is 7.42. The Kier molecular flexibility index (Phi) is 2.77. The minimum absolute atomic E-state index is 0.220. The summed E-state index contributed by atoms with van der Waals surface area (Å²) in [7, 11) is 0. The molecule has 0 amide bonds. The molecule has 0 bridgehead atoms. The first kappa shape index (κ1) is 12.5. The van der Waals surface area contributed by atoms with Crippen LogP contribution in [0.1, 0.15) is 30.3 Å². The van der Waals surface area contributed by atoms with E-state index in [1.54, 1.807) is 12.1 Å². The summed E-state index contributed by atoms with van der Waals surface area (Å²) in [4.78, 5) is 4.63. The van der Waals surface area contributed by atoms with Crippen LogP contribution in [0.4, 0.5) is 4.39 Å². The number of aryl methyl sites for hydroxylation is 3. The van der Waals surface area contributed by atoms with Crippen molar-refractivity contribution in [2.75, 3.05) is 0 Å². The predicted molar refractivity (Wildman–Crippen MR) is 79.8 cm³/mol. The van der Waals surface area contributed by atoms with Crippen molar-refractivity contribution in [2.24, 2.45) is 0 Å². The summed E-state index contributed by atoms with van der Waals surface area (Å²) >= 11 is 0. The molecule has 4 heteroatoms. The molecule has 1 aromatic carbocycles. The van der Waals surface area contributed by atoms with Crippen LogP contribution in [-0.2, 0) is 19.3 Å². The van der Waals surface area contributed by atoms with Crippen molar-refractivity contribution in [1.82, 2.24) is 14.6 Å². The van der Waals surface area contributed by atoms with E-state index in [1.165, 1.54) is 29.8 Å². The van der Waals surface area contributed by atoms with Crippen LogP contribution in [-0.4, -0.2) is 14.6 Å². The van der Waals surface area contributed by atoms with Crippen molar-refractivity contribution in [2.45, 2.75) is 32.6 Å². The number of hydrogen-bond donors (Lipinski definition) is 0. The molecule has 1 aliphatic rings. The first-order chi connectivity index (χ1) is 10.3. The maximum absolute atomic E-state index is 13.2. The van der Waals surface area contributed by atoms with Gasteiger partial charge in [-0.2, -0.15) is 5.10 Å². The summed E-state index contributed by atoms with van der Waals surface area (Å²) in [5.74, 6) is -0.220. The molecule has 2 heterocycles. The highest BCUT2D eigenvalue weighted by Gasteiger charge is 2.21. The second kappa shape index (κ2) is 4.65. The standard InChI is InChI=1S/C17H16FN3/c1-2-14-16(11-6-8-13(18)9-7-11)17-19-10-12-4-3-5-15(12)21(17)20-14/h6-10H,2-5H2,1H3. The van der Waals surface area contributed by atoms with E-state index in [2.05, 4.69) is 11.9 Å². The molecule has 0 saturated carbocycles. The number of aromatic nitrogens is 3. The Labute approximate surface area is 122 Å². The normalized spacial score (nSPS) is 13.8. The van der Waals surface area contributed by atoms with E-state index in [0.29, 0.717) is 0 Å². The topological polar surface area (TPSA) is 30.2 Å². The van der Waals surface area contributed by atoms with Crippen molar-refractivity contribution in [3.63, 3.8) is 0 Å². The molecule has 0 radical (unpaired) electrons. The lowest BCUT2D eigenvalue weighted by molar-refractivity contribution is 0.628. The molecule has 1 aliphatic carbocycles. The second-order valence-corrected chi connectivity index (χ2v) is 5.50. The average Bonchev–Trinajstić information content (AvgIpc) is 3.11. The molecule has 0 fully saturated rings. The van der Waals surface area contributed by atoms with Crippen LogP contribution in [0.15, 0.2) is 30.5 Å². The Morgan fingerprint density at radius 3 is 2.76 bits per heavy atom. The lowest BCUT2D eigenvalue weighted by atomic mass is 10.0. The van der Waals surface area contributed by atoms with Gasteiger partial charge in [-0.3, -0.25) is 0 Å². The fourth-order valence-electron chi connectivity index (χ4n) is 3.19. The van der Waals surface area contributed by atoms with Gasteiger partial charge in [-0.15, -0.1) is 0 Å².